The van der Waals surface area contributed by atoms with Crippen LogP contribution in [0.1, 0.15) is 57.8 Å². The summed E-state index contributed by atoms with van der Waals surface area (Å²) < 4.78 is 5.02. The molecular formula is C22H30N6O4. The van der Waals surface area contributed by atoms with Crippen LogP contribution in [0.2, 0.25) is 0 Å². The number of nitro groups is 1. The molecule has 0 saturated carbocycles. The second-order valence-corrected chi connectivity index (χ2v) is 9.25. The summed E-state index contributed by atoms with van der Waals surface area (Å²) in [6.45, 7) is 10.4. The largest absolute Gasteiger partial charge is 0.462 e. The smallest absolute Gasteiger partial charge is 0.353 e. The van der Waals surface area contributed by atoms with Gasteiger partial charge in [-0.3, -0.25) is 10.1 Å². The van der Waals surface area contributed by atoms with Gasteiger partial charge in [-0.2, -0.15) is 0 Å². The van der Waals surface area contributed by atoms with Crippen LogP contribution in [0.3, 0.4) is 0 Å². The third-order valence-corrected chi connectivity index (χ3v) is 5.17. The molecule has 0 atom stereocenters. The molecule has 3 N–H and O–H groups in total. The van der Waals surface area contributed by atoms with E-state index in [1.807, 2.05) is 0 Å². The molecule has 3 rings (SSSR count). The summed E-state index contributed by atoms with van der Waals surface area (Å²) in [4.78, 5) is 31.7. The van der Waals surface area contributed by atoms with E-state index in [0.717, 1.165) is 12.8 Å². The molecule has 1 fully saturated rings. The molecule has 1 saturated heterocycles. The quantitative estimate of drug-likeness (QED) is 0.330. The Hall–Kier alpha value is -3.27. The van der Waals surface area contributed by atoms with Crippen molar-refractivity contribution in [2.45, 2.75) is 64.6 Å². The maximum atomic E-state index is 12.0. The van der Waals surface area contributed by atoms with Crippen molar-refractivity contribution in [3.63, 3.8) is 0 Å². The molecule has 32 heavy (non-hydrogen) atoms. The van der Waals surface area contributed by atoms with Crippen molar-refractivity contribution in [2.24, 2.45) is 0 Å². The lowest BCUT2D eigenvalue weighted by molar-refractivity contribution is -0.383. The maximum Gasteiger partial charge on any atom is 0.353 e. The molecule has 10 heteroatoms. The average molecular weight is 443 g/mol. The van der Waals surface area contributed by atoms with Gasteiger partial charge in [0.25, 0.3) is 0 Å². The summed E-state index contributed by atoms with van der Waals surface area (Å²) in [7, 11) is 0. The van der Waals surface area contributed by atoms with Crippen LogP contribution in [-0.2, 0) is 4.74 Å². The standard InChI is InChI=1S/C22H30N6O4/c1-6-32-20(29)14-8-7-9-15(10-14)25-18-17(28(30)31)19(24-13-23-18)26-16-11-21(2,3)27-22(4,5)12-16/h7-10,13,16,27H,6,11-12H2,1-5H3,(H2,23,24,25,26). The fraction of sp³-hybridized carbons (Fsp3) is 0.500. The molecule has 2 aromatic rings. The average Bonchev–Trinajstić information content (AvgIpc) is 2.66. The maximum absolute atomic E-state index is 12.0. The number of nitrogens with zero attached hydrogens (tertiary/aromatic N) is 3. The van der Waals surface area contributed by atoms with Crippen LogP contribution in [0.15, 0.2) is 30.6 Å². The van der Waals surface area contributed by atoms with Crippen molar-refractivity contribution in [2.75, 3.05) is 17.2 Å². The number of nitrogens with one attached hydrogen (secondary N) is 3. The first kappa shape index (κ1) is 23.4. The first-order valence-corrected chi connectivity index (χ1v) is 10.6. The molecule has 1 aliphatic rings. The van der Waals surface area contributed by atoms with Crippen LogP contribution in [-0.4, -0.2) is 44.6 Å². The van der Waals surface area contributed by atoms with Gasteiger partial charge in [-0.1, -0.05) is 6.07 Å². The highest BCUT2D eigenvalue weighted by atomic mass is 16.6. The van der Waals surface area contributed by atoms with Crippen LogP contribution >= 0.6 is 0 Å². The van der Waals surface area contributed by atoms with Gasteiger partial charge in [-0.25, -0.2) is 14.8 Å². The Morgan fingerprint density at radius 3 is 2.50 bits per heavy atom. The van der Waals surface area contributed by atoms with E-state index in [9.17, 15) is 14.9 Å². The van der Waals surface area contributed by atoms with Crippen molar-refractivity contribution < 1.29 is 14.5 Å². The van der Waals surface area contributed by atoms with Crippen LogP contribution < -0.4 is 16.0 Å². The van der Waals surface area contributed by atoms with Crippen molar-refractivity contribution >= 4 is 29.0 Å². The Morgan fingerprint density at radius 1 is 1.22 bits per heavy atom. The molecule has 0 unspecified atom stereocenters. The first-order valence-electron chi connectivity index (χ1n) is 10.6. The van der Waals surface area contributed by atoms with Gasteiger partial charge in [0.2, 0.25) is 11.6 Å². The van der Waals surface area contributed by atoms with Crippen LogP contribution in [0, 0.1) is 10.1 Å². The van der Waals surface area contributed by atoms with E-state index < -0.39 is 10.9 Å². The van der Waals surface area contributed by atoms with Gasteiger partial charge in [-0.15, -0.1) is 0 Å². The summed E-state index contributed by atoms with van der Waals surface area (Å²) in [5.41, 5.74) is 0.313. The minimum atomic E-state index is -0.503. The van der Waals surface area contributed by atoms with E-state index in [-0.39, 0.29) is 41.0 Å². The fourth-order valence-corrected chi connectivity index (χ4v) is 4.44. The van der Waals surface area contributed by atoms with E-state index in [2.05, 4.69) is 53.6 Å². The molecule has 10 nitrogen and oxygen atoms in total. The molecule has 172 valence electrons. The Bertz CT molecular complexity index is 992. The number of anilines is 3. The fourth-order valence-electron chi connectivity index (χ4n) is 4.44. The summed E-state index contributed by atoms with van der Waals surface area (Å²) in [6.07, 6.45) is 2.84. The Labute approximate surface area is 187 Å². The third kappa shape index (κ3) is 5.70. The van der Waals surface area contributed by atoms with E-state index in [1.54, 1.807) is 31.2 Å². The lowest BCUT2D eigenvalue weighted by Crippen LogP contribution is -2.60. The zero-order valence-electron chi connectivity index (χ0n) is 19.1. The predicted octanol–water partition coefficient (Wildman–Crippen LogP) is 4.03. The van der Waals surface area contributed by atoms with E-state index in [1.165, 1.54) is 6.33 Å². The molecule has 0 amide bonds. The molecule has 1 aromatic heterocycles. The SMILES string of the molecule is CCOC(=O)c1cccc(Nc2ncnc(NC3CC(C)(C)NC(C)(C)C3)c2[N+](=O)[O-])c1. The number of carbonyl (C=O) groups is 1. The highest BCUT2D eigenvalue weighted by molar-refractivity contribution is 5.91. The molecule has 1 aromatic carbocycles. The molecule has 2 heterocycles. The zero-order chi connectivity index (χ0) is 23.5. The van der Waals surface area contributed by atoms with Gasteiger partial charge in [0.1, 0.15) is 6.33 Å². The molecule has 0 bridgehead atoms. The zero-order valence-corrected chi connectivity index (χ0v) is 19.1. The van der Waals surface area contributed by atoms with Gasteiger partial charge in [0.05, 0.1) is 17.1 Å². The summed E-state index contributed by atoms with van der Waals surface area (Å²) in [6, 6.07) is 6.54. The molecule has 0 radical (unpaired) electrons. The van der Waals surface area contributed by atoms with E-state index >= 15 is 0 Å². The molecule has 0 spiro atoms. The highest BCUT2D eigenvalue weighted by Gasteiger charge is 2.38. The van der Waals surface area contributed by atoms with Crippen molar-refractivity contribution in [3.8, 4) is 0 Å². The highest BCUT2D eigenvalue weighted by Crippen LogP contribution is 2.35. The number of ether oxygens (including phenoxy) is 1. The first-order chi connectivity index (χ1) is 15.0. The number of piperidine rings is 1. The minimum Gasteiger partial charge on any atom is -0.462 e. The van der Waals surface area contributed by atoms with Crippen LogP contribution in [0.4, 0.5) is 23.0 Å². The van der Waals surface area contributed by atoms with Gasteiger partial charge in [-0.05, 0) is 65.7 Å². The van der Waals surface area contributed by atoms with E-state index in [0.29, 0.717) is 11.3 Å². The topological polar surface area (TPSA) is 131 Å². The Kier molecular flexibility index (Phi) is 6.63. The number of hydrogen-bond donors (Lipinski definition) is 3. The van der Waals surface area contributed by atoms with Crippen LogP contribution in [0.5, 0.6) is 0 Å². The van der Waals surface area contributed by atoms with Gasteiger partial charge in [0.15, 0.2) is 0 Å². The predicted molar refractivity (Wildman–Crippen MR) is 122 cm³/mol. The third-order valence-electron chi connectivity index (χ3n) is 5.17. The van der Waals surface area contributed by atoms with Gasteiger partial charge >= 0.3 is 11.7 Å². The number of esters is 1. The van der Waals surface area contributed by atoms with Crippen molar-refractivity contribution in [1.29, 1.82) is 0 Å². The lowest BCUT2D eigenvalue weighted by atomic mass is 9.79. The second kappa shape index (κ2) is 9.07. The summed E-state index contributed by atoms with van der Waals surface area (Å²) >= 11 is 0. The number of rotatable bonds is 7. The minimum absolute atomic E-state index is 0.00478. The Balaban J connectivity index is 1.88. The molecular weight excluding hydrogens is 412 g/mol. The second-order valence-electron chi connectivity index (χ2n) is 9.25. The van der Waals surface area contributed by atoms with Gasteiger partial charge in [0, 0.05) is 22.8 Å². The van der Waals surface area contributed by atoms with Crippen molar-refractivity contribution in [1.82, 2.24) is 15.3 Å². The van der Waals surface area contributed by atoms with E-state index in [4.69, 9.17) is 4.74 Å². The number of aromatic nitrogens is 2. The molecule has 1 aliphatic heterocycles. The summed E-state index contributed by atoms with van der Waals surface area (Å²) in [5.74, 6) is -0.264. The number of hydrogen-bond acceptors (Lipinski definition) is 9. The number of benzene rings is 1. The lowest BCUT2D eigenvalue weighted by Gasteiger charge is -2.46. The summed E-state index contributed by atoms with van der Waals surface area (Å²) in [5, 5.41) is 21.8. The molecule has 0 aliphatic carbocycles. The normalized spacial score (nSPS) is 17.4. The van der Waals surface area contributed by atoms with Crippen LogP contribution in [0.25, 0.3) is 0 Å². The van der Waals surface area contributed by atoms with Gasteiger partial charge < -0.3 is 20.7 Å². The Morgan fingerprint density at radius 2 is 1.88 bits per heavy atom. The monoisotopic (exact) mass is 442 g/mol. The van der Waals surface area contributed by atoms with Crippen molar-refractivity contribution in [3.05, 3.63) is 46.3 Å². The number of carbonyl (C=O) groups excluding carboxylic acids is 1.